The Bertz CT molecular complexity index is 1240. The third-order valence-corrected chi connectivity index (χ3v) is 7.37. The second-order valence-electron chi connectivity index (χ2n) is 8.00. The van der Waals surface area contributed by atoms with Crippen molar-refractivity contribution in [3.63, 3.8) is 0 Å². The van der Waals surface area contributed by atoms with Crippen molar-refractivity contribution in [2.24, 2.45) is 15.9 Å². The summed E-state index contributed by atoms with van der Waals surface area (Å²) >= 11 is 2.66. The number of amides is 4. The molecule has 1 aromatic heterocycles. The molecular weight excluding hydrogens is 458 g/mol. The fourth-order valence-electron chi connectivity index (χ4n) is 3.90. The number of anilines is 1. The Kier molecular flexibility index (Phi) is 6.31. The van der Waals surface area contributed by atoms with Crippen molar-refractivity contribution in [3.05, 3.63) is 51.2 Å². The SMILES string of the molecule is Cc1cc(C)c(NC(=O)CSC2=NC(c3cccs3)=NC3=[N+](C)C(=O)N(C)C(=O)C23)c(C)c1. The van der Waals surface area contributed by atoms with Crippen molar-refractivity contribution in [2.75, 3.05) is 25.2 Å². The van der Waals surface area contributed by atoms with Crippen LogP contribution in [0.5, 0.6) is 0 Å². The smallest absolute Gasteiger partial charge is 0.325 e. The van der Waals surface area contributed by atoms with Crippen LogP contribution in [0.3, 0.4) is 0 Å². The molecule has 4 amide bonds. The number of aliphatic imine (C=N–C) groups is 2. The van der Waals surface area contributed by atoms with E-state index in [1.807, 2.05) is 50.4 Å². The van der Waals surface area contributed by atoms with E-state index in [4.69, 9.17) is 0 Å². The third-order valence-electron chi connectivity index (χ3n) is 5.47. The number of benzene rings is 1. The van der Waals surface area contributed by atoms with E-state index in [1.54, 1.807) is 7.05 Å². The van der Waals surface area contributed by atoms with Gasteiger partial charge in [-0.05, 0) is 43.3 Å². The molecule has 1 aromatic carbocycles. The number of carbonyl (C=O) groups excluding carboxylic acids is 3. The standard InChI is InChI=1S/C23H23N5O3S2/c1-12-9-13(2)18(14(3)10-12)24-16(29)11-33-21-17-20(27(4)23(31)28(5)22(17)30)25-19(26-21)15-7-6-8-32-15/h6-10,17H,11H2,1-5H3/p+1. The number of imide groups is 1. The first kappa shape index (κ1) is 23.1. The van der Waals surface area contributed by atoms with Gasteiger partial charge < -0.3 is 5.32 Å². The topological polar surface area (TPSA) is 94.2 Å². The molecule has 0 radical (unpaired) electrons. The molecule has 0 spiro atoms. The second kappa shape index (κ2) is 9.03. The van der Waals surface area contributed by atoms with Crippen molar-refractivity contribution in [1.29, 1.82) is 0 Å². The van der Waals surface area contributed by atoms with Crippen molar-refractivity contribution < 1.29 is 19.0 Å². The first-order valence-electron chi connectivity index (χ1n) is 10.3. The Morgan fingerprint density at radius 2 is 1.91 bits per heavy atom. The van der Waals surface area contributed by atoms with Gasteiger partial charge in [-0.1, -0.05) is 40.5 Å². The Morgan fingerprint density at radius 3 is 2.55 bits per heavy atom. The van der Waals surface area contributed by atoms with Gasteiger partial charge in [0.15, 0.2) is 5.92 Å². The van der Waals surface area contributed by atoms with Gasteiger partial charge in [0.2, 0.25) is 11.7 Å². The summed E-state index contributed by atoms with van der Waals surface area (Å²) in [6, 6.07) is 7.36. The van der Waals surface area contributed by atoms with Gasteiger partial charge in [-0.2, -0.15) is 9.48 Å². The first-order valence-corrected chi connectivity index (χ1v) is 12.2. The fraction of sp³-hybridized carbons (Fsp3) is 0.304. The number of urea groups is 1. The monoisotopic (exact) mass is 482 g/mol. The fourth-order valence-corrected chi connectivity index (χ4v) is 5.43. The number of amidine groups is 2. The summed E-state index contributed by atoms with van der Waals surface area (Å²) in [5.41, 5.74) is 3.92. The summed E-state index contributed by atoms with van der Waals surface area (Å²) in [5.74, 6) is -0.584. The van der Waals surface area contributed by atoms with Gasteiger partial charge in [-0.25, -0.2) is 9.79 Å². The number of thioether (sulfide) groups is 1. The maximum Gasteiger partial charge on any atom is 0.445 e. The van der Waals surface area contributed by atoms with Crippen molar-refractivity contribution >= 4 is 63.3 Å². The summed E-state index contributed by atoms with van der Waals surface area (Å²) in [4.78, 5) is 49.3. The van der Waals surface area contributed by atoms with Crippen LogP contribution in [0.2, 0.25) is 0 Å². The lowest BCUT2D eigenvalue weighted by molar-refractivity contribution is -0.407. The molecule has 2 aliphatic rings. The van der Waals surface area contributed by atoms with Crippen LogP contribution >= 0.6 is 23.1 Å². The lowest BCUT2D eigenvalue weighted by Gasteiger charge is -2.26. The van der Waals surface area contributed by atoms with Crippen LogP contribution in [0.15, 0.2) is 39.6 Å². The lowest BCUT2D eigenvalue weighted by atomic mass is 10.0. The van der Waals surface area contributed by atoms with Crippen molar-refractivity contribution in [2.45, 2.75) is 20.8 Å². The summed E-state index contributed by atoms with van der Waals surface area (Å²) in [5, 5.41) is 5.34. The zero-order valence-electron chi connectivity index (χ0n) is 19.0. The second-order valence-corrected chi connectivity index (χ2v) is 9.95. The van der Waals surface area contributed by atoms with Gasteiger partial charge in [0.05, 0.1) is 24.7 Å². The average Bonchev–Trinajstić information content (AvgIpc) is 3.31. The van der Waals surface area contributed by atoms with E-state index in [0.29, 0.717) is 16.7 Å². The highest BCUT2D eigenvalue weighted by molar-refractivity contribution is 8.14. The molecular formula is C23H24N5O3S2+. The number of nitrogens with zero attached hydrogens (tertiary/aromatic N) is 4. The number of aryl methyl sites for hydroxylation is 3. The minimum atomic E-state index is -0.818. The van der Waals surface area contributed by atoms with E-state index in [1.165, 1.54) is 34.7 Å². The van der Waals surface area contributed by atoms with Crippen LogP contribution < -0.4 is 5.32 Å². The molecule has 170 valence electrons. The molecule has 1 atom stereocenters. The molecule has 0 saturated carbocycles. The van der Waals surface area contributed by atoms with Gasteiger partial charge in [0.25, 0.3) is 5.84 Å². The van der Waals surface area contributed by atoms with E-state index >= 15 is 0 Å². The van der Waals surface area contributed by atoms with Gasteiger partial charge in [-0.3, -0.25) is 9.59 Å². The van der Waals surface area contributed by atoms with Crippen molar-refractivity contribution in [3.8, 4) is 0 Å². The molecule has 10 heteroatoms. The minimum Gasteiger partial charge on any atom is -0.325 e. The van der Waals surface area contributed by atoms with E-state index in [2.05, 4.69) is 15.3 Å². The molecule has 8 nitrogen and oxygen atoms in total. The molecule has 2 aromatic rings. The number of fused-ring (bicyclic) bond motifs is 1. The van der Waals surface area contributed by atoms with Crippen LogP contribution in [0.4, 0.5) is 10.5 Å². The molecule has 2 aliphatic heterocycles. The largest absolute Gasteiger partial charge is 0.445 e. The highest BCUT2D eigenvalue weighted by Crippen LogP contribution is 2.28. The Hall–Kier alpha value is -3.11. The van der Waals surface area contributed by atoms with Crippen molar-refractivity contribution in [1.82, 2.24) is 4.90 Å². The molecule has 33 heavy (non-hydrogen) atoms. The predicted molar refractivity (Wildman–Crippen MR) is 133 cm³/mol. The molecule has 1 N–H and O–H groups in total. The number of hydrogen-bond acceptors (Lipinski definition) is 7. The van der Waals surface area contributed by atoms with Crippen LogP contribution in [-0.4, -0.2) is 63.9 Å². The van der Waals surface area contributed by atoms with E-state index in [-0.39, 0.29) is 11.7 Å². The van der Waals surface area contributed by atoms with E-state index in [9.17, 15) is 14.4 Å². The highest BCUT2D eigenvalue weighted by atomic mass is 32.2. The first-order chi connectivity index (χ1) is 15.7. The zero-order valence-corrected chi connectivity index (χ0v) is 20.6. The molecule has 4 rings (SSSR count). The Labute approximate surface area is 200 Å². The van der Waals surface area contributed by atoms with Gasteiger partial charge in [0.1, 0.15) is 5.04 Å². The van der Waals surface area contributed by atoms with E-state index in [0.717, 1.165) is 32.2 Å². The van der Waals surface area contributed by atoms with E-state index < -0.39 is 17.9 Å². The summed E-state index contributed by atoms with van der Waals surface area (Å²) in [6.07, 6.45) is 0. The zero-order chi connectivity index (χ0) is 23.9. The third kappa shape index (κ3) is 4.40. The maximum atomic E-state index is 13.0. The van der Waals surface area contributed by atoms with Crippen LogP contribution in [-0.2, 0) is 9.59 Å². The normalized spacial score (nSPS) is 18.2. The maximum absolute atomic E-state index is 13.0. The molecule has 3 heterocycles. The summed E-state index contributed by atoms with van der Waals surface area (Å²) in [7, 11) is 3.03. The molecule has 0 fully saturated rings. The predicted octanol–water partition coefficient (Wildman–Crippen LogP) is 3.45. The Morgan fingerprint density at radius 1 is 1.21 bits per heavy atom. The minimum absolute atomic E-state index is 0.0712. The van der Waals surface area contributed by atoms with Crippen LogP contribution in [0.1, 0.15) is 21.6 Å². The number of nitrogens with one attached hydrogen (secondary N) is 1. The average molecular weight is 483 g/mol. The molecule has 0 aliphatic carbocycles. The highest BCUT2D eigenvalue weighted by Gasteiger charge is 2.49. The van der Waals surface area contributed by atoms with Gasteiger partial charge in [0, 0.05) is 5.69 Å². The molecule has 0 saturated heterocycles. The van der Waals surface area contributed by atoms with Gasteiger partial charge in [-0.15, -0.1) is 11.3 Å². The summed E-state index contributed by atoms with van der Waals surface area (Å²) < 4.78 is 1.37. The Balaban J connectivity index is 1.62. The van der Waals surface area contributed by atoms with Crippen LogP contribution in [0.25, 0.3) is 0 Å². The number of hydrogen-bond donors (Lipinski definition) is 1. The number of rotatable bonds is 4. The lowest BCUT2D eigenvalue weighted by Crippen LogP contribution is -2.54. The quantitative estimate of drug-likeness (QED) is 0.676. The molecule has 0 bridgehead atoms. The summed E-state index contributed by atoms with van der Waals surface area (Å²) in [6.45, 7) is 5.94. The number of thiophene rings is 1. The van der Waals surface area contributed by atoms with Crippen LogP contribution in [0, 0.1) is 26.7 Å². The number of carbonyl (C=O) groups is 3. The molecule has 1 unspecified atom stereocenters. The van der Waals surface area contributed by atoms with Gasteiger partial charge >= 0.3 is 11.9 Å².